The fourth-order valence-corrected chi connectivity index (χ4v) is 14.0. The summed E-state index contributed by atoms with van der Waals surface area (Å²) < 4.78 is 12.0. The maximum Gasteiger partial charge on any atom is 0.136 e. The van der Waals surface area contributed by atoms with E-state index in [0.717, 1.165) is 56.1 Å². The summed E-state index contributed by atoms with van der Waals surface area (Å²) in [4.78, 5) is 4.87. The molecule has 0 spiro atoms. The molecule has 340 valence electrons. The van der Waals surface area contributed by atoms with Gasteiger partial charge in [-0.1, -0.05) is 140 Å². The highest BCUT2D eigenvalue weighted by Crippen LogP contribution is 2.49. The van der Waals surface area contributed by atoms with Crippen molar-refractivity contribution in [3.8, 4) is 0 Å². The predicted molar refractivity (Wildman–Crippen MR) is 316 cm³/mol. The summed E-state index contributed by atoms with van der Waals surface area (Å²) in [6.07, 6.45) is 0. The van der Waals surface area contributed by atoms with E-state index in [-0.39, 0.29) is 0 Å². The average Bonchev–Trinajstić information content (AvgIpc) is 4.15. The number of hydrogen-bond acceptors (Lipinski definition) is 5. The van der Waals surface area contributed by atoms with Gasteiger partial charge in [0.1, 0.15) is 11.2 Å². The van der Waals surface area contributed by atoms with Crippen molar-refractivity contribution in [3.63, 3.8) is 0 Å². The van der Waals surface area contributed by atoms with Crippen molar-refractivity contribution in [2.45, 2.75) is 0 Å². The number of nitrogens with zero attached hydrogens (tertiary/aromatic N) is 2. The van der Waals surface area contributed by atoms with Crippen molar-refractivity contribution >= 4 is 173 Å². The first-order valence-corrected chi connectivity index (χ1v) is 26.4. The molecule has 3 nitrogen and oxygen atoms in total. The second-order valence-corrected chi connectivity index (χ2v) is 21.4. The van der Waals surface area contributed by atoms with Gasteiger partial charge in [-0.3, -0.25) is 0 Å². The highest BCUT2D eigenvalue weighted by atomic mass is 32.1. The fraction of sp³-hybridized carbons (Fsp3) is 0. The zero-order valence-electron chi connectivity index (χ0n) is 39.2. The molecule has 0 radical (unpaired) electrons. The van der Waals surface area contributed by atoms with Gasteiger partial charge in [0, 0.05) is 74.9 Å². The van der Waals surface area contributed by atoms with Gasteiger partial charge in [0.25, 0.3) is 0 Å². The first kappa shape index (κ1) is 40.7. The molecule has 73 heavy (non-hydrogen) atoms. The molecule has 0 saturated heterocycles. The summed E-state index contributed by atoms with van der Waals surface area (Å²) in [5.41, 5.74) is 8.42. The molecule has 0 aliphatic carbocycles. The lowest BCUT2D eigenvalue weighted by molar-refractivity contribution is 0.669. The normalized spacial score (nSPS) is 12.1. The number of furan rings is 1. The molecule has 0 unspecified atom stereocenters. The third-order valence-corrected chi connectivity index (χ3v) is 17.5. The van der Waals surface area contributed by atoms with Crippen LogP contribution in [0.5, 0.6) is 0 Å². The Hall–Kier alpha value is -9.00. The van der Waals surface area contributed by atoms with Gasteiger partial charge < -0.3 is 14.2 Å². The zero-order chi connectivity index (χ0) is 47.7. The van der Waals surface area contributed by atoms with Crippen LogP contribution in [0.2, 0.25) is 0 Å². The Kier molecular flexibility index (Phi) is 8.78. The van der Waals surface area contributed by atoms with Crippen molar-refractivity contribution in [1.29, 1.82) is 0 Å². The summed E-state index contributed by atoms with van der Waals surface area (Å²) in [5.74, 6) is 0. The molecule has 16 rings (SSSR count). The Labute approximate surface area is 427 Å². The highest BCUT2D eigenvalue weighted by Gasteiger charge is 2.22. The van der Waals surface area contributed by atoms with E-state index in [1.807, 2.05) is 22.7 Å². The number of rotatable bonds is 6. The number of anilines is 6. The molecule has 0 saturated carbocycles. The first-order valence-electron chi connectivity index (χ1n) is 24.8. The maximum absolute atomic E-state index is 6.88. The smallest absolute Gasteiger partial charge is 0.136 e. The Bertz CT molecular complexity index is 4960. The third-order valence-electron chi connectivity index (χ3n) is 15.1. The fourth-order valence-electron chi connectivity index (χ4n) is 11.7. The van der Waals surface area contributed by atoms with Crippen LogP contribution >= 0.6 is 22.7 Å². The minimum Gasteiger partial charge on any atom is -0.456 e. The molecule has 0 N–H and O–H groups in total. The topological polar surface area (TPSA) is 19.6 Å². The molecule has 13 aromatic carbocycles. The van der Waals surface area contributed by atoms with Gasteiger partial charge in [-0.05, 0) is 157 Å². The van der Waals surface area contributed by atoms with Crippen molar-refractivity contribution in [2.75, 3.05) is 9.80 Å². The van der Waals surface area contributed by atoms with Crippen LogP contribution in [0.3, 0.4) is 0 Å². The van der Waals surface area contributed by atoms with Crippen LogP contribution in [0.25, 0.3) is 116 Å². The maximum atomic E-state index is 6.88. The number of fused-ring (bicyclic) bond motifs is 17. The van der Waals surface area contributed by atoms with Gasteiger partial charge in [-0.15, -0.1) is 22.7 Å². The van der Waals surface area contributed by atoms with E-state index in [4.69, 9.17) is 4.42 Å². The Morgan fingerprint density at radius 1 is 0.247 bits per heavy atom. The van der Waals surface area contributed by atoms with Crippen LogP contribution in [0.1, 0.15) is 0 Å². The number of thiophene rings is 2. The van der Waals surface area contributed by atoms with Crippen molar-refractivity contribution in [1.82, 2.24) is 0 Å². The van der Waals surface area contributed by atoms with Crippen LogP contribution in [0, 0.1) is 0 Å². The van der Waals surface area contributed by atoms with E-state index in [0.29, 0.717) is 0 Å². The molecule has 0 bridgehead atoms. The van der Waals surface area contributed by atoms with Crippen LogP contribution in [-0.4, -0.2) is 0 Å². The SMILES string of the molecule is c1ccc2cc(N(c3ccc4sc5ccccc5c4c3)c3ccc4c(c3)c3ccccc3c3cc5c(cc43)oc3ccc(N(c4ccc6ccccc6c4)c4cccc6c4sc4ccccc46)cc35)ccc2c1. The molecule has 0 atom stereocenters. The van der Waals surface area contributed by atoms with Gasteiger partial charge in [0.05, 0.1) is 10.4 Å². The second-order valence-electron chi connectivity index (χ2n) is 19.2. The Morgan fingerprint density at radius 2 is 0.712 bits per heavy atom. The standard InChI is InChI=1S/C68H40N2OS2/c1-3-14-43-34-45(26-24-41(43)12-1)69(48-30-33-67-61(38-48)54-19-8-9-22-65(54)72-67)47-28-31-52-56(36-47)50-16-5-6-17-51(50)57-39-60-59-37-49(29-32-63(59)71-64(60)40-58(52)57)70(46-27-25-42-13-2-4-15-44(42)35-46)62-21-11-20-55-53-18-7-10-23-66(53)73-68(55)62/h1-40H. The van der Waals surface area contributed by atoms with Crippen LogP contribution in [0.15, 0.2) is 247 Å². The van der Waals surface area contributed by atoms with E-state index in [1.165, 1.54) is 94.2 Å². The van der Waals surface area contributed by atoms with Crippen LogP contribution < -0.4 is 9.80 Å². The van der Waals surface area contributed by atoms with E-state index in [2.05, 4.69) is 252 Å². The van der Waals surface area contributed by atoms with Gasteiger partial charge in [-0.25, -0.2) is 0 Å². The lowest BCUT2D eigenvalue weighted by Crippen LogP contribution is -2.10. The zero-order valence-corrected chi connectivity index (χ0v) is 40.8. The van der Waals surface area contributed by atoms with Gasteiger partial charge in [0.2, 0.25) is 0 Å². The van der Waals surface area contributed by atoms with Crippen LogP contribution in [-0.2, 0) is 0 Å². The molecule has 16 aromatic rings. The van der Waals surface area contributed by atoms with Gasteiger partial charge in [0.15, 0.2) is 0 Å². The summed E-state index contributed by atoms with van der Waals surface area (Å²) in [6, 6.07) is 89.4. The van der Waals surface area contributed by atoms with Crippen molar-refractivity contribution < 1.29 is 4.42 Å². The molecule has 0 fully saturated rings. The summed E-state index contributed by atoms with van der Waals surface area (Å²) >= 11 is 3.71. The van der Waals surface area contributed by atoms with Gasteiger partial charge in [-0.2, -0.15) is 0 Å². The number of benzene rings is 13. The molecule has 0 aliphatic heterocycles. The Balaban J connectivity index is 0.891. The molecule has 3 heterocycles. The minimum atomic E-state index is 0.866. The second kappa shape index (κ2) is 15.8. The summed E-state index contributed by atoms with van der Waals surface area (Å²) in [6.45, 7) is 0. The molecule has 3 aromatic heterocycles. The highest BCUT2D eigenvalue weighted by molar-refractivity contribution is 7.26. The van der Waals surface area contributed by atoms with Crippen molar-refractivity contribution in [2.24, 2.45) is 0 Å². The van der Waals surface area contributed by atoms with E-state index in [1.54, 1.807) is 0 Å². The monoisotopic (exact) mass is 964 g/mol. The molecular weight excluding hydrogens is 925 g/mol. The summed E-state index contributed by atoms with van der Waals surface area (Å²) in [7, 11) is 0. The predicted octanol–water partition coefficient (Wildman–Crippen LogP) is 21.0. The third kappa shape index (κ3) is 6.29. The molecule has 5 heteroatoms. The minimum absolute atomic E-state index is 0.866. The largest absolute Gasteiger partial charge is 0.456 e. The average molecular weight is 965 g/mol. The quantitative estimate of drug-likeness (QED) is 0.155. The number of hydrogen-bond donors (Lipinski definition) is 0. The van der Waals surface area contributed by atoms with Gasteiger partial charge >= 0.3 is 0 Å². The molecule has 0 amide bonds. The van der Waals surface area contributed by atoms with Crippen molar-refractivity contribution in [3.05, 3.63) is 243 Å². The Morgan fingerprint density at radius 3 is 1.45 bits per heavy atom. The van der Waals surface area contributed by atoms with E-state index in [9.17, 15) is 0 Å². The molecular formula is C68H40N2OS2. The van der Waals surface area contributed by atoms with Crippen LogP contribution in [0.4, 0.5) is 34.1 Å². The van der Waals surface area contributed by atoms with E-state index < -0.39 is 0 Å². The van der Waals surface area contributed by atoms with E-state index >= 15 is 0 Å². The lowest BCUT2D eigenvalue weighted by Gasteiger charge is -2.27. The molecule has 0 aliphatic rings. The summed E-state index contributed by atoms with van der Waals surface area (Å²) in [5, 5.41) is 19.4. The first-order chi connectivity index (χ1) is 36.1. The lowest BCUT2D eigenvalue weighted by atomic mass is 9.92.